The molecule has 4 aliphatic rings. The molecule has 0 saturated heterocycles. The van der Waals surface area contributed by atoms with Crippen molar-refractivity contribution in [3.05, 3.63) is 12.7 Å². The molecular weight excluding hydrogens is 348 g/mol. The van der Waals surface area contributed by atoms with Crippen molar-refractivity contribution < 1.29 is 0 Å². The minimum Gasteiger partial charge on any atom is -0.103 e. The van der Waals surface area contributed by atoms with Gasteiger partial charge in [-0.25, -0.2) is 0 Å². The topological polar surface area (TPSA) is 0 Å². The van der Waals surface area contributed by atoms with Crippen LogP contribution < -0.4 is 0 Å². The molecule has 4 fully saturated rings. The predicted octanol–water partition coefficient (Wildman–Crippen LogP) is 8.91. The maximum Gasteiger partial charge on any atom is -0.0213 e. The van der Waals surface area contributed by atoms with Gasteiger partial charge in [0, 0.05) is 0 Å². The Kier molecular flexibility index (Phi) is 6.32. The van der Waals surface area contributed by atoms with E-state index in [1.54, 1.807) is 38.5 Å². The Bertz CT molecular complexity index is 575. The largest absolute Gasteiger partial charge is 0.103 e. The quantitative estimate of drug-likeness (QED) is 0.392. The molecule has 0 spiro atoms. The van der Waals surface area contributed by atoms with E-state index >= 15 is 0 Å². The molecule has 0 nitrogen and oxygen atoms in total. The Morgan fingerprint density at radius 2 is 1.59 bits per heavy atom. The Balaban J connectivity index is 1.45. The van der Waals surface area contributed by atoms with Gasteiger partial charge in [0.15, 0.2) is 0 Å². The van der Waals surface area contributed by atoms with Gasteiger partial charge in [0.25, 0.3) is 0 Å². The van der Waals surface area contributed by atoms with Crippen molar-refractivity contribution in [3.8, 4) is 0 Å². The first kappa shape index (κ1) is 22.0. The van der Waals surface area contributed by atoms with E-state index in [-0.39, 0.29) is 0 Å². The maximum atomic E-state index is 4.12. The van der Waals surface area contributed by atoms with Gasteiger partial charge >= 0.3 is 0 Å². The molecule has 0 aliphatic heterocycles. The molecule has 0 N–H and O–H groups in total. The van der Waals surface area contributed by atoms with Gasteiger partial charge in [-0.3, -0.25) is 0 Å². The van der Waals surface area contributed by atoms with Crippen LogP contribution in [0.4, 0.5) is 0 Å². The molecule has 0 heterocycles. The van der Waals surface area contributed by atoms with Gasteiger partial charge < -0.3 is 0 Å². The first-order valence-corrected chi connectivity index (χ1v) is 13.4. The molecule has 0 amide bonds. The highest BCUT2D eigenvalue weighted by Crippen LogP contribution is 2.68. The van der Waals surface area contributed by atoms with Crippen molar-refractivity contribution in [2.45, 2.75) is 112 Å². The van der Waals surface area contributed by atoms with Crippen molar-refractivity contribution in [3.63, 3.8) is 0 Å². The van der Waals surface area contributed by atoms with Gasteiger partial charge in [-0.1, -0.05) is 53.5 Å². The highest BCUT2D eigenvalue weighted by Gasteiger charge is 2.60. The molecule has 4 rings (SSSR count). The minimum atomic E-state index is 0.639. The normalized spacial score (nSPS) is 46.5. The van der Waals surface area contributed by atoms with E-state index in [0.717, 1.165) is 41.4 Å². The lowest BCUT2D eigenvalue weighted by atomic mass is 9.44. The fourth-order valence-electron chi connectivity index (χ4n) is 9.65. The van der Waals surface area contributed by atoms with E-state index in [9.17, 15) is 0 Å². The van der Waals surface area contributed by atoms with Crippen LogP contribution in [0.15, 0.2) is 12.7 Å². The fraction of sp³-hybridized carbons (Fsp3) is 0.931. The number of hydrogen-bond donors (Lipinski definition) is 0. The summed E-state index contributed by atoms with van der Waals surface area (Å²) in [5.74, 6) is 7.53. The lowest BCUT2D eigenvalue weighted by molar-refractivity contribution is -0.114. The summed E-state index contributed by atoms with van der Waals surface area (Å²) in [7, 11) is 0. The zero-order valence-electron chi connectivity index (χ0n) is 20.4. The fourth-order valence-corrected chi connectivity index (χ4v) is 9.65. The summed E-state index contributed by atoms with van der Waals surface area (Å²) in [6.07, 6.45) is 20.4. The van der Waals surface area contributed by atoms with Crippen molar-refractivity contribution >= 4 is 0 Å². The monoisotopic (exact) mass is 398 g/mol. The highest BCUT2D eigenvalue weighted by molar-refractivity contribution is 5.09. The van der Waals surface area contributed by atoms with E-state index in [1.165, 1.54) is 38.5 Å². The third-order valence-corrected chi connectivity index (χ3v) is 11.5. The second-order valence-corrected chi connectivity index (χ2v) is 12.8. The standard InChI is InChI=1S/C29H50/c1-7-22(20(2)3)12-11-21(4)25-15-16-26-24-14-13-23-10-8-9-18-28(23,5)27(24)17-19-29(25,26)6/h7,20-27H,1,8-19H2,2-6H3/t21-,22-,23?,24+,25-,26+,27+,28+,29-/m1/s1. The summed E-state index contributed by atoms with van der Waals surface area (Å²) in [4.78, 5) is 0. The van der Waals surface area contributed by atoms with E-state index in [2.05, 4.69) is 47.3 Å². The molecule has 9 atom stereocenters. The van der Waals surface area contributed by atoms with Crippen molar-refractivity contribution in [2.75, 3.05) is 0 Å². The summed E-state index contributed by atoms with van der Waals surface area (Å²) in [5.41, 5.74) is 1.33. The Morgan fingerprint density at radius 1 is 0.828 bits per heavy atom. The van der Waals surface area contributed by atoms with Crippen molar-refractivity contribution in [2.24, 2.45) is 58.2 Å². The van der Waals surface area contributed by atoms with Crippen LogP contribution in [0.2, 0.25) is 0 Å². The molecule has 0 aromatic carbocycles. The average Bonchev–Trinajstić information content (AvgIpc) is 3.05. The average molecular weight is 399 g/mol. The molecule has 29 heavy (non-hydrogen) atoms. The smallest absolute Gasteiger partial charge is 0.0213 e. The van der Waals surface area contributed by atoms with Crippen molar-refractivity contribution in [1.82, 2.24) is 0 Å². The molecule has 0 bridgehead atoms. The molecule has 166 valence electrons. The molecule has 0 aromatic rings. The number of hydrogen-bond acceptors (Lipinski definition) is 0. The third kappa shape index (κ3) is 3.67. The second-order valence-electron chi connectivity index (χ2n) is 12.8. The molecule has 4 saturated carbocycles. The van der Waals surface area contributed by atoms with Gasteiger partial charge in [0.1, 0.15) is 0 Å². The summed E-state index contributed by atoms with van der Waals surface area (Å²) in [6, 6.07) is 0. The number of rotatable bonds is 6. The molecule has 0 heteroatoms. The van der Waals surface area contributed by atoms with E-state index in [0.29, 0.717) is 16.7 Å². The van der Waals surface area contributed by atoms with Crippen LogP contribution in [0, 0.1) is 58.2 Å². The van der Waals surface area contributed by atoms with Gasteiger partial charge in [-0.05, 0) is 122 Å². The predicted molar refractivity (Wildman–Crippen MR) is 127 cm³/mol. The zero-order valence-corrected chi connectivity index (χ0v) is 20.4. The zero-order chi connectivity index (χ0) is 20.8. The Morgan fingerprint density at radius 3 is 2.31 bits per heavy atom. The van der Waals surface area contributed by atoms with E-state index in [4.69, 9.17) is 0 Å². The van der Waals surface area contributed by atoms with Crippen LogP contribution in [0.25, 0.3) is 0 Å². The first-order chi connectivity index (χ1) is 13.8. The molecular formula is C29H50. The maximum absolute atomic E-state index is 4.12. The highest BCUT2D eigenvalue weighted by atomic mass is 14.6. The molecule has 4 aliphatic carbocycles. The molecule has 1 unspecified atom stereocenters. The van der Waals surface area contributed by atoms with Crippen LogP contribution >= 0.6 is 0 Å². The summed E-state index contributed by atoms with van der Waals surface area (Å²) >= 11 is 0. The summed E-state index contributed by atoms with van der Waals surface area (Å²) in [6.45, 7) is 16.9. The minimum absolute atomic E-state index is 0.639. The van der Waals surface area contributed by atoms with Crippen LogP contribution in [0.5, 0.6) is 0 Å². The van der Waals surface area contributed by atoms with Crippen LogP contribution in [-0.4, -0.2) is 0 Å². The van der Waals surface area contributed by atoms with Crippen LogP contribution in [0.1, 0.15) is 112 Å². The third-order valence-electron chi connectivity index (χ3n) is 11.5. The Hall–Kier alpha value is -0.260. The molecule has 0 radical (unpaired) electrons. The molecule has 0 aromatic heterocycles. The number of allylic oxidation sites excluding steroid dienone is 1. The van der Waals surface area contributed by atoms with E-state index < -0.39 is 0 Å². The van der Waals surface area contributed by atoms with Crippen LogP contribution in [0.3, 0.4) is 0 Å². The van der Waals surface area contributed by atoms with Gasteiger partial charge in [-0.2, -0.15) is 0 Å². The van der Waals surface area contributed by atoms with E-state index in [1.807, 2.05) is 0 Å². The van der Waals surface area contributed by atoms with Gasteiger partial charge in [-0.15, -0.1) is 6.58 Å². The Labute approximate surface area is 182 Å². The SMILES string of the molecule is C=C[C@H](CC[C@@H](C)[C@H]1CC[C@H]2[C@@H]3CCC4CCCC[C@]4(C)[C@H]3CC[C@]12C)C(C)C. The lowest BCUT2D eigenvalue weighted by Gasteiger charge is -2.61. The summed E-state index contributed by atoms with van der Waals surface area (Å²) in [5, 5.41) is 0. The summed E-state index contributed by atoms with van der Waals surface area (Å²) < 4.78 is 0. The first-order valence-electron chi connectivity index (χ1n) is 13.4. The second kappa shape index (κ2) is 8.35. The van der Waals surface area contributed by atoms with Gasteiger partial charge in [0.2, 0.25) is 0 Å². The number of fused-ring (bicyclic) bond motifs is 5. The van der Waals surface area contributed by atoms with Crippen LogP contribution in [-0.2, 0) is 0 Å². The van der Waals surface area contributed by atoms with Gasteiger partial charge in [0.05, 0.1) is 0 Å². The lowest BCUT2D eigenvalue weighted by Crippen LogP contribution is -2.53. The van der Waals surface area contributed by atoms with Crippen molar-refractivity contribution in [1.29, 1.82) is 0 Å².